The van der Waals surface area contributed by atoms with Crippen molar-refractivity contribution in [1.82, 2.24) is 0 Å². The lowest BCUT2D eigenvalue weighted by Gasteiger charge is -2.17. The van der Waals surface area contributed by atoms with Crippen LogP contribution in [0, 0.1) is 6.92 Å². The van der Waals surface area contributed by atoms with E-state index >= 15 is 0 Å². The van der Waals surface area contributed by atoms with Gasteiger partial charge in [0.1, 0.15) is 0 Å². The molecule has 1 aromatic rings. The molecular weight excluding hydrogens is 205 g/mol. The van der Waals surface area contributed by atoms with Crippen LogP contribution >= 0.6 is 0 Å². The summed E-state index contributed by atoms with van der Waals surface area (Å²) < 4.78 is 41.4. The fourth-order valence-electron chi connectivity index (χ4n) is 1.42. The zero-order valence-electron chi connectivity index (χ0n) is 8.64. The highest BCUT2D eigenvalue weighted by Gasteiger charge is 2.32. The molecule has 0 spiro atoms. The Labute approximate surface area is 86.9 Å². The molecule has 0 N–H and O–H groups in total. The van der Waals surface area contributed by atoms with Gasteiger partial charge < -0.3 is 4.74 Å². The summed E-state index contributed by atoms with van der Waals surface area (Å²) >= 11 is 0. The van der Waals surface area contributed by atoms with Gasteiger partial charge in [0.25, 0.3) is 0 Å². The molecule has 0 saturated carbocycles. The Bertz CT molecular complexity index is 320. The second kappa shape index (κ2) is 4.66. The van der Waals surface area contributed by atoms with Gasteiger partial charge in [0.2, 0.25) is 0 Å². The third-order valence-corrected chi connectivity index (χ3v) is 2.12. The van der Waals surface area contributed by atoms with Gasteiger partial charge in [0.05, 0.1) is 12.5 Å². The normalized spacial score (nSPS) is 13.9. The van der Waals surface area contributed by atoms with E-state index in [1.807, 2.05) is 13.0 Å². The lowest BCUT2D eigenvalue weighted by atomic mass is 10.0. The first-order valence-electron chi connectivity index (χ1n) is 4.58. The van der Waals surface area contributed by atoms with Crippen molar-refractivity contribution in [2.75, 3.05) is 7.11 Å². The molecule has 0 radical (unpaired) electrons. The Hall–Kier alpha value is -1.03. The first-order chi connectivity index (χ1) is 6.92. The standard InChI is InChI=1S/C11H13F3O/c1-8-4-3-5-9(6-8)10(15-2)7-11(12,13)14/h3-6,10H,7H2,1-2H3. The number of hydrogen-bond acceptors (Lipinski definition) is 1. The maximum absolute atomic E-state index is 12.2. The average Bonchev–Trinajstić information content (AvgIpc) is 2.13. The van der Waals surface area contributed by atoms with Crippen LogP contribution in [0.2, 0.25) is 0 Å². The van der Waals surface area contributed by atoms with E-state index in [1.54, 1.807) is 18.2 Å². The van der Waals surface area contributed by atoms with Crippen molar-refractivity contribution in [3.8, 4) is 0 Å². The van der Waals surface area contributed by atoms with Crippen molar-refractivity contribution < 1.29 is 17.9 Å². The van der Waals surface area contributed by atoms with Gasteiger partial charge in [-0.3, -0.25) is 0 Å². The smallest absolute Gasteiger partial charge is 0.376 e. The molecule has 4 heteroatoms. The molecule has 15 heavy (non-hydrogen) atoms. The molecule has 0 aromatic heterocycles. The van der Waals surface area contributed by atoms with Gasteiger partial charge in [-0.1, -0.05) is 29.8 Å². The fourth-order valence-corrected chi connectivity index (χ4v) is 1.42. The summed E-state index contributed by atoms with van der Waals surface area (Å²) in [5, 5.41) is 0. The van der Waals surface area contributed by atoms with Gasteiger partial charge in [-0.25, -0.2) is 0 Å². The molecule has 0 aliphatic heterocycles. The van der Waals surface area contributed by atoms with Crippen LogP contribution in [-0.2, 0) is 4.74 Å². The molecule has 1 rings (SSSR count). The molecule has 1 nitrogen and oxygen atoms in total. The SMILES string of the molecule is COC(CC(F)(F)F)c1cccc(C)c1. The monoisotopic (exact) mass is 218 g/mol. The molecule has 0 aliphatic carbocycles. The first kappa shape index (κ1) is 12.0. The van der Waals surface area contributed by atoms with Crippen molar-refractivity contribution >= 4 is 0 Å². The zero-order valence-corrected chi connectivity index (χ0v) is 8.64. The maximum Gasteiger partial charge on any atom is 0.391 e. The van der Waals surface area contributed by atoms with Crippen LogP contribution in [0.5, 0.6) is 0 Å². The van der Waals surface area contributed by atoms with Crippen molar-refractivity contribution in [3.63, 3.8) is 0 Å². The summed E-state index contributed by atoms with van der Waals surface area (Å²) in [5.41, 5.74) is 1.49. The predicted octanol–water partition coefficient (Wildman–Crippen LogP) is 3.63. The van der Waals surface area contributed by atoms with E-state index in [0.29, 0.717) is 5.56 Å². The molecule has 1 unspecified atom stereocenters. The first-order valence-corrected chi connectivity index (χ1v) is 4.58. The number of benzene rings is 1. The van der Waals surface area contributed by atoms with Crippen molar-refractivity contribution in [3.05, 3.63) is 35.4 Å². The molecule has 0 amide bonds. The van der Waals surface area contributed by atoms with Gasteiger partial charge >= 0.3 is 6.18 Å². The number of alkyl halides is 3. The number of hydrogen-bond donors (Lipinski definition) is 0. The van der Waals surface area contributed by atoms with Crippen LogP contribution in [0.15, 0.2) is 24.3 Å². The lowest BCUT2D eigenvalue weighted by Crippen LogP contribution is -2.15. The largest absolute Gasteiger partial charge is 0.391 e. The van der Waals surface area contributed by atoms with Crippen LogP contribution < -0.4 is 0 Å². The van der Waals surface area contributed by atoms with Gasteiger partial charge in [-0.15, -0.1) is 0 Å². The minimum absolute atomic E-state index is 0.565. The van der Waals surface area contributed by atoms with Gasteiger partial charge in [0.15, 0.2) is 0 Å². The minimum atomic E-state index is -4.20. The van der Waals surface area contributed by atoms with E-state index < -0.39 is 18.7 Å². The van der Waals surface area contributed by atoms with Crippen LogP contribution in [0.3, 0.4) is 0 Å². The lowest BCUT2D eigenvalue weighted by molar-refractivity contribution is -0.158. The van der Waals surface area contributed by atoms with E-state index in [4.69, 9.17) is 4.74 Å². The number of halogens is 3. The van der Waals surface area contributed by atoms with Crippen LogP contribution in [0.1, 0.15) is 23.7 Å². The van der Waals surface area contributed by atoms with E-state index in [0.717, 1.165) is 5.56 Å². The summed E-state index contributed by atoms with van der Waals surface area (Å²) in [6, 6.07) is 6.92. The number of rotatable bonds is 3. The average molecular weight is 218 g/mol. The Morgan fingerprint density at radius 3 is 2.47 bits per heavy atom. The topological polar surface area (TPSA) is 9.23 Å². The second-order valence-corrected chi connectivity index (χ2v) is 3.46. The predicted molar refractivity (Wildman–Crippen MR) is 51.6 cm³/mol. The van der Waals surface area contributed by atoms with E-state index in [9.17, 15) is 13.2 Å². The summed E-state index contributed by atoms with van der Waals surface area (Å²) in [5.74, 6) is 0. The highest BCUT2D eigenvalue weighted by molar-refractivity contribution is 5.24. The third kappa shape index (κ3) is 3.91. The van der Waals surface area contributed by atoms with Crippen LogP contribution in [-0.4, -0.2) is 13.3 Å². The molecule has 84 valence electrons. The molecule has 0 fully saturated rings. The summed E-state index contributed by atoms with van der Waals surface area (Å²) in [4.78, 5) is 0. The molecule has 0 heterocycles. The second-order valence-electron chi connectivity index (χ2n) is 3.46. The highest BCUT2D eigenvalue weighted by Crippen LogP contribution is 2.31. The van der Waals surface area contributed by atoms with Crippen molar-refractivity contribution in [2.45, 2.75) is 25.6 Å². The summed E-state index contributed by atoms with van der Waals surface area (Å²) in [7, 11) is 1.29. The van der Waals surface area contributed by atoms with E-state index in [2.05, 4.69) is 0 Å². The highest BCUT2D eigenvalue weighted by atomic mass is 19.4. The number of methoxy groups -OCH3 is 1. The molecule has 0 aliphatic rings. The van der Waals surface area contributed by atoms with Gasteiger partial charge in [0, 0.05) is 7.11 Å². The molecule has 0 bridgehead atoms. The van der Waals surface area contributed by atoms with Crippen molar-refractivity contribution in [2.24, 2.45) is 0 Å². The Morgan fingerprint density at radius 2 is 2.00 bits per heavy atom. The molecule has 1 aromatic carbocycles. The summed E-state index contributed by atoms with van der Waals surface area (Å²) in [6.45, 7) is 1.84. The summed E-state index contributed by atoms with van der Waals surface area (Å²) in [6.07, 6.45) is -6.07. The molecular formula is C11H13F3O. The van der Waals surface area contributed by atoms with Crippen LogP contribution in [0.25, 0.3) is 0 Å². The van der Waals surface area contributed by atoms with Crippen molar-refractivity contribution in [1.29, 1.82) is 0 Å². The van der Waals surface area contributed by atoms with Gasteiger partial charge in [-0.05, 0) is 12.5 Å². The van der Waals surface area contributed by atoms with E-state index in [1.165, 1.54) is 7.11 Å². The fraction of sp³-hybridized carbons (Fsp3) is 0.455. The maximum atomic E-state index is 12.2. The third-order valence-electron chi connectivity index (χ3n) is 2.12. The number of aryl methyl sites for hydroxylation is 1. The Balaban J connectivity index is 2.83. The number of ether oxygens (including phenoxy) is 1. The Morgan fingerprint density at radius 1 is 1.33 bits per heavy atom. The zero-order chi connectivity index (χ0) is 11.5. The Kier molecular flexibility index (Phi) is 3.74. The quantitative estimate of drug-likeness (QED) is 0.752. The molecule has 0 saturated heterocycles. The van der Waals surface area contributed by atoms with E-state index in [-0.39, 0.29) is 0 Å². The van der Waals surface area contributed by atoms with Crippen LogP contribution in [0.4, 0.5) is 13.2 Å². The molecule has 1 atom stereocenters. The van der Waals surface area contributed by atoms with Gasteiger partial charge in [-0.2, -0.15) is 13.2 Å². The minimum Gasteiger partial charge on any atom is -0.376 e.